The van der Waals surface area contributed by atoms with Crippen LogP contribution in [0.3, 0.4) is 0 Å². The second-order valence-corrected chi connectivity index (χ2v) is 10.5. The van der Waals surface area contributed by atoms with Crippen molar-refractivity contribution < 1.29 is 8.85 Å². The van der Waals surface area contributed by atoms with Crippen molar-refractivity contribution in [2.45, 2.75) is 55.9 Å². The van der Waals surface area contributed by atoms with E-state index in [9.17, 15) is 0 Å². The fraction of sp³-hybridized carbons (Fsp3) is 1.00. The second kappa shape index (κ2) is 9.00. The van der Waals surface area contributed by atoms with Crippen molar-refractivity contribution in [3.63, 3.8) is 0 Å². The van der Waals surface area contributed by atoms with Gasteiger partial charge in [-0.15, -0.1) is 0 Å². The van der Waals surface area contributed by atoms with Gasteiger partial charge in [0.25, 0.3) is 0 Å². The Morgan fingerprint density at radius 3 is 2.06 bits per heavy atom. The largest absolute Gasteiger partial charge is 0.395 e. The van der Waals surface area contributed by atoms with Gasteiger partial charge in [0.2, 0.25) is 3.79 Å². The summed E-state index contributed by atoms with van der Waals surface area (Å²) in [7, 11) is -2.13. The zero-order valence-electron chi connectivity index (χ0n) is 10.9. The number of rotatable bonds is 9. The van der Waals surface area contributed by atoms with Gasteiger partial charge in [-0.3, -0.25) is 0 Å². The molecule has 0 aliphatic heterocycles. The molecule has 104 valence electrons. The van der Waals surface area contributed by atoms with Crippen molar-refractivity contribution >= 4 is 43.4 Å². The van der Waals surface area contributed by atoms with Crippen LogP contribution in [0.5, 0.6) is 0 Å². The molecule has 0 aromatic rings. The summed E-state index contributed by atoms with van der Waals surface area (Å²) < 4.78 is 9.94. The maximum atomic E-state index is 5.75. The third-order valence-electron chi connectivity index (χ3n) is 2.28. The van der Waals surface area contributed by atoms with Crippen molar-refractivity contribution in [3.05, 3.63) is 0 Å². The molecule has 0 rings (SSSR count). The standard InChI is InChI=1S/C11H23Cl3O2Si/c1-4-5-6-7-8-9-15-17(2,3)16-10-11(12,13)14/h4-10H2,1-3H3. The summed E-state index contributed by atoms with van der Waals surface area (Å²) >= 11 is 16.9. The predicted molar refractivity (Wildman–Crippen MR) is 78.4 cm³/mol. The van der Waals surface area contributed by atoms with Crippen molar-refractivity contribution in [2.75, 3.05) is 13.2 Å². The van der Waals surface area contributed by atoms with Gasteiger partial charge in [0.1, 0.15) is 0 Å². The third kappa shape index (κ3) is 13.2. The molecule has 0 heterocycles. The first-order valence-corrected chi connectivity index (χ1v) is 10.1. The summed E-state index contributed by atoms with van der Waals surface area (Å²) in [6, 6.07) is 0. The minimum Gasteiger partial charge on any atom is -0.395 e. The molecule has 6 heteroatoms. The molecule has 0 spiro atoms. The molecule has 0 saturated carbocycles. The Morgan fingerprint density at radius 2 is 1.53 bits per heavy atom. The summed E-state index contributed by atoms with van der Waals surface area (Å²) in [5, 5.41) is 0. The van der Waals surface area contributed by atoms with Gasteiger partial charge in [-0.1, -0.05) is 67.4 Å². The van der Waals surface area contributed by atoms with Gasteiger partial charge in [-0.2, -0.15) is 0 Å². The predicted octanol–water partition coefficient (Wildman–Crippen LogP) is 5.06. The van der Waals surface area contributed by atoms with Crippen LogP contribution < -0.4 is 0 Å². The Hall–Kier alpha value is 1.01. The average molecular weight is 322 g/mol. The van der Waals surface area contributed by atoms with Crippen LogP contribution in [0.4, 0.5) is 0 Å². The molecular formula is C11H23Cl3O2Si. The van der Waals surface area contributed by atoms with Crippen LogP contribution in [-0.2, 0) is 8.85 Å². The van der Waals surface area contributed by atoms with Crippen molar-refractivity contribution in [2.24, 2.45) is 0 Å². The second-order valence-electron chi connectivity index (χ2n) is 4.57. The zero-order valence-corrected chi connectivity index (χ0v) is 14.2. The topological polar surface area (TPSA) is 18.5 Å². The molecule has 17 heavy (non-hydrogen) atoms. The first kappa shape index (κ1) is 18.0. The van der Waals surface area contributed by atoms with E-state index in [1.54, 1.807) is 0 Å². The smallest absolute Gasteiger partial charge is 0.331 e. The van der Waals surface area contributed by atoms with Crippen LogP contribution in [0.25, 0.3) is 0 Å². The lowest BCUT2D eigenvalue weighted by molar-refractivity contribution is 0.178. The molecule has 0 fully saturated rings. The van der Waals surface area contributed by atoms with Gasteiger partial charge in [0.15, 0.2) is 0 Å². The van der Waals surface area contributed by atoms with Gasteiger partial charge in [0.05, 0.1) is 6.61 Å². The molecule has 0 unspecified atom stereocenters. The van der Waals surface area contributed by atoms with Crippen LogP contribution in [0.15, 0.2) is 0 Å². The summed E-state index contributed by atoms with van der Waals surface area (Å²) in [4.78, 5) is 0. The fourth-order valence-corrected chi connectivity index (χ4v) is 3.04. The maximum absolute atomic E-state index is 5.75. The van der Waals surface area contributed by atoms with Crippen molar-refractivity contribution in [1.82, 2.24) is 0 Å². The number of unbranched alkanes of at least 4 members (excludes halogenated alkanes) is 4. The lowest BCUT2D eigenvalue weighted by Crippen LogP contribution is -2.38. The van der Waals surface area contributed by atoms with E-state index < -0.39 is 12.4 Å². The Balaban J connectivity index is 3.57. The molecule has 0 aliphatic carbocycles. The van der Waals surface area contributed by atoms with E-state index >= 15 is 0 Å². The summed E-state index contributed by atoms with van der Waals surface area (Å²) in [6.45, 7) is 6.97. The maximum Gasteiger partial charge on any atom is 0.331 e. The first-order valence-electron chi connectivity index (χ1n) is 6.11. The highest BCUT2D eigenvalue weighted by molar-refractivity contribution is 6.68. The van der Waals surface area contributed by atoms with Crippen LogP contribution in [0, 0.1) is 0 Å². The molecule has 0 amide bonds. The van der Waals surface area contributed by atoms with E-state index in [2.05, 4.69) is 6.92 Å². The van der Waals surface area contributed by atoms with Crippen molar-refractivity contribution in [1.29, 1.82) is 0 Å². The Bertz CT molecular complexity index is 196. The van der Waals surface area contributed by atoms with E-state index in [-0.39, 0.29) is 6.61 Å². The summed E-state index contributed by atoms with van der Waals surface area (Å²) in [5.41, 5.74) is 0. The Kier molecular flexibility index (Phi) is 9.53. The van der Waals surface area contributed by atoms with Gasteiger partial charge < -0.3 is 8.85 Å². The van der Waals surface area contributed by atoms with E-state index in [1.165, 1.54) is 25.7 Å². The molecule has 0 aromatic carbocycles. The highest BCUT2D eigenvalue weighted by Gasteiger charge is 2.29. The molecule has 0 radical (unpaired) electrons. The quantitative estimate of drug-likeness (QED) is 0.335. The molecule has 0 bridgehead atoms. The monoisotopic (exact) mass is 320 g/mol. The molecule has 0 saturated heterocycles. The van der Waals surface area contributed by atoms with Crippen molar-refractivity contribution in [3.8, 4) is 0 Å². The van der Waals surface area contributed by atoms with E-state index in [0.29, 0.717) is 0 Å². The van der Waals surface area contributed by atoms with Crippen LogP contribution in [0.2, 0.25) is 13.1 Å². The summed E-state index contributed by atoms with van der Waals surface area (Å²) in [5.74, 6) is 0. The van der Waals surface area contributed by atoms with Gasteiger partial charge in [0, 0.05) is 6.61 Å². The molecule has 0 N–H and O–H groups in total. The third-order valence-corrected chi connectivity index (χ3v) is 4.35. The highest BCUT2D eigenvalue weighted by Crippen LogP contribution is 2.27. The zero-order chi connectivity index (χ0) is 13.4. The van der Waals surface area contributed by atoms with Gasteiger partial charge in [-0.25, -0.2) is 0 Å². The molecule has 0 aliphatic rings. The molecule has 2 nitrogen and oxygen atoms in total. The molecule has 0 atom stereocenters. The van der Waals surface area contributed by atoms with E-state index in [4.69, 9.17) is 43.7 Å². The Labute approximate surface area is 121 Å². The number of hydrogen-bond donors (Lipinski definition) is 0. The van der Waals surface area contributed by atoms with E-state index in [0.717, 1.165) is 13.0 Å². The number of halogens is 3. The summed E-state index contributed by atoms with van der Waals surface area (Å²) in [6.07, 6.45) is 6.12. The highest BCUT2D eigenvalue weighted by atomic mass is 35.6. The Morgan fingerprint density at radius 1 is 0.941 bits per heavy atom. The minimum atomic E-state index is -2.13. The normalized spacial score (nSPS) is 13.1. The van der Waals surface area contributed by atoms with Gasteiger partial charge >= 0.3 is 8.56 Å². The lowest BCUT2D eigenvalue weighted by Gasteiger charge is -2.25. The molecular weight excluding hydrogens is 299 g/mol. The minimum absolute atomic E-state index is 0.0900. The number of hydrogen-bond acceptors (Lipinski definition) is 2. The lowest BCUT2D eigenvalue weighted by atomic mass is 10.2. The van der Waals surface area contributed by atoms with Crippen LogP contribution in [-0.4, -0.2) is 25.6 Å². The number of alkyl halides is 3. The van der Waals surface area contributed by atoms with Gasteiger partial charge in [-0.05, 0) is 19.5 Å². The SMILES string of the molecule is CCCCCCCO[Si](C)(C)OCC(Cl)(Cl)Cl. The van der Waals surface area contributed by atoms with E-state index in [1.807, 2.05) is 13.1 Å². The molecule has 0 aromatic heterocycles. The van der Waals surface area contributed by atoms with Crippen LogP contribution >= 0.6 is 34.8 Å². The fourth-order valence-electron chi connectivity index (χ4n) is 1.32. The average Bonchev–Trinajstić information content (AvgIpc) is 2.20. The van der Waals surface area contributed by atoms with Crippen LogP contribution in [0.1, 0.15) is 39.0 Å². The first-order chi connectivity index (χ1) is 7.77.